The number of rotatable bonds is 6. The number of hydrogen-bond donors (Lipinski definition) is 2. The van der Waals surface area contributed by atoms with Gasteiger partial charge in [-0.1, -0.05) is 0 Å². The van der Waals surface area contributed by atoms with Crippen LogP contribution in [-0.2, 0) is 9.53 Å². The molecule has 0 aliphatic carbocycles. The van der Waals surface area contributed by atoms with Crippen LogP contribution in [0.4, 0.5) is 0 Å². The van der Waals surface area contributed by atoms with E-state index in [-0.39, 0.29) is 41.9 Å². The Hall–Kier alpha value is -1.82. The van der Waals surface area contributed by atoms with E-state index < -0.39 is 0 Å². The second kappa shape index (κ2) is 12.0. The van der Waals surface area contributed by atoms with Gasteiger partial charge in [0.2, 0.25) is 0 Å². The van der Waals surface area contributed by atoms with Gasteiger partial charge in [0.15, 0.2) is 11.7 Å². The van der Waals surface area contributed by atoms with Crippen molar-refractivity contribution in [3.8, 4) is 0 Å². The first-order valence-electron chi connectivity index (χ1n) is 9.94. The molecule has 0 spiro atoms. The van der Waals surface area contributed by atoms with Crippen LogP contribution < -0.4 is 10.6 Å². The summed E-state index contributed by atoms with van der Waals surface area (Å²) in [7, 11) is 0. The largest absolute Gasteiger partial charge is 0.459 e. The number of piperazine rings is 1. The third-order valence-corrected chi connectivity index (χ3v) is 4.83. The molecule has 1 unspecified atom stereocenters. The van der Waals surface area contributed by atoms with E-state index in [4.69, 9.17) is 9.15 Å². The average Bonchev–Trinajstić information content (AvgIpc) is 3.44. The Morgan fingerprint density at radius 3 is 2.59 bits per heavy atom. The van der Waals surface area contributed by atoms with Gasteiger partial charge in [0.1, 0.15) is 6.10 Å². The minimum absolute atomic E-state index is 0. The topological polar surface area (TPSA) is 99.4 Å². The molecule has 0 bridgehead atoms. The maximum atomic E-state index is 12.5. The molecule has 0 saturated carbocycles. The first-order valence-corrected chi connectivity index (χ1v) is 9.94. The SMILES string of the molecule is CCNC(=NCCNC(=O)c1ccco1)N1CCN(C(=O)C2CCCO2)CC1.I. The number of nitrogens with zero attached hydrogens (tertiary/aromatic N) is 3. The second-order valence-electron chi connectivity index (χ2n) is 6.78. The van der Waals surface area contributed by atoms with E-state index in [0.717, 1.165) is 38.4 Å². The first-order chi connectivity index (χ1) is 13.7. The fourth-order valence-corrected chi connectivity index (χ4v) is 3.37. The fraction of sp³-hybridized carbons (Fsp3) is 0.632. The van der Waals surface area contributed by atoms with E-state index in [1.54, 1.807) is 12.1 Å². The molecular formula is C19H30IN5O4. The quantitative estimate of drug-likeness (QED) is 0.251. The van der Waals surface area contributed by atoms with Gasteiger partial charge in [-0.2, -0.15) is 0 Å². The molecule has 9 nitrogen and oxygen atoms in total. The van der Waals surface area contributed by atoms with Crippen molar-refractivity contribution in [2.24, 2.45) is 4.99 Å². The summed E-state index contributed by atoms with van der Waals surface area (Å²) in [6.45, 7) is 7.13. The number of amides is 2. The number of hydrogen-bond acceptors (Lipinski definition) is 5. The second-order valence-corrected chi connectivity index (χ2v) is 6.78. The van der Waals surface area contributed by atoms with Crippen LogP contribution in [0, 0.1) is 0 Å². The average molecular weight is 519 g/mol. The predicted molar refractivity (Wildman–Crippen MR) is 120 cm³/mol. The molecule has 1 aromatic heterocycles. The normalized spacial score (nSPS) is 19.6. The van der Waals surface area contributed by atoms with Gasteiger partial charge < -0.3 is 29.6 Å². The van der Waals surface area contributed by atoms with E-state index in [2.05, 4.69) is 20.5 Å². The van der Waals surface area contributed by atoms with Gasteiger partial charge in [0, 0.05) is 45.9 Å². The van der Waals surface area contributed by atoms with Crippen LogP contribution in [0.2, 0.25) is 0 Å². The third-order valence-electron chi connectivity index (χ3n) is 4.83. The molecule has 0 radical (unpaired) electrons. The third kappa shape index (κ3) is 6.59. The maximum Gasteiger partial charge on any atom is 0.287 e. The summed E-state index contributed by atoms with van der Waals surface area (Å²) in [5, 5.41) is 6.07. The van der Waals surface area contributed by atoms with Crippen LogP contribution in [0.3, 0.4) is 0 Å². The number of guanidine groups is 1. The van der Waals surface area contributed by atoms with Crippen molar-refractivity contribution in [2.45, 2.75) is 25.9 Å². The van der Waals surface area contributed by atoms with Gasteiger partial charge in [-0.25, -0.2) is 0 Å². The van der Waals surface area contributed by atoms with Crippen LogP contribution in [0.5, 0.6) is 0 Å². The van der Waals surface area contributed by atoms with Crippen molar-refractivity contribution in [1.82, 2.24) is 20.4 Å². The van der Waals surface area contributed by atoms with Crippen molar-refractivity contribution in [3.05, 3.63) is 24.2 Å². The number of halogens is 1. The lowest BCUT2D eigenvalue weighted by atomic mass is 10.2. The summed E-state index contributed by atoms with van der Waals surface area (Å²) < 4.78 is 10.6. The summed E-state index contributed by atoms with van der Waals surface area (Å²) in [6, 6.07) is 3.31. The van der Waals surface area contributed by atoms with Gasteiger partial charge >= 0.3 is 0 Å². The highest BCUT2D eigenvalue weighted by Crippen LogP contribution is 2.16. The zero-order valence-corrected chi connectivity index (χ0v) is 19.1. The number of carbonyl (C=O) groups is 2. The van der Waals surface area contributed by atoms with E-state index >= 15 is 0 Å². The van der Waals surface area contributed by atoms with Crippen LogP contribution in [0.1, 0.15) is 30.3 Å². The summed E-state index contributed by atoms with van der Waals surface area (Å²) in [4.78, 5) is 33.0. The summed E-state index contributed by atoms with van der Waals surface area (Å²) in [5.74, 6) is 0.966. The van der Waals surface area contributed by atoms with E-state index in [1.807, 2.05) is 11.8 Å². The zero-order valence-electron chi connectivity index (χ0n) is 16.8. The molecule has 2 fully saturated rings. The molecule has 3 heterocycles. The molecule has 1 aromatic rings. The standard InChI is InChI=1S/C19H29N5O4.HI/c1-2-20-19(22-8-7-21-17(25)15-5-3-13-27-15)24-11-9-23(10-12-24)18(26)16-6-4-14-28-16;/h3,5,13,16H,2,4,6-12,14H2,1H3,(H,20,22)(H,21,25);1H. The maximum absolute atomic E-state index is 12.5. The molecule has 0 aromatic carbocycles. The highest BCUT2D eigenvalue weighted by molar-refractivity contribution is 14.0. The van der Waals surface area contributed by atoms with Gasteiger partial charge in [-0.3, -0.25) is 14.6 Å². The monoisotopic (exact) mass is 519 g/mol. The smallest absolute Gasteiger partial charge is 0.287 e. The molecule has 2 aliphatic heterocycles. The molecule has 3 rings (SSSR count). The minimum Gasteiger partial charge on any atom is -0.459 e. The Labute approximate surface area is 188 Å². The molecule has 2 aliphatic rings. The Morgan fingerprint density at radius 1 is 1.21 bits per heavy atom. The molecule has 10 heteroatoms. The number of carbonyl (C=O) groups excluding carboxylic acids is 2. The lowest BCUT2D eigenvalue weighted by molar-refractivity contribution is -0.142. The summed E-state index contributed by atoms with van der Waals surface area (Å²) >= 11 is 0. The molecule has 29 heavy (non-hydrogen) atoms. The summed E-state index contributed by atoms with van der Waals surface area (Å²) in [5.41, 5.74) is 0. The van der Waals surface area contributed by atoms with Gasteiger partial charge in [-0.15, -0.1) is 24.0 Å². The van der Waals surface area contributed by atoms with Crippen molar-refractivity contribution in [1.29, 1.82) is 0 Å². The van der Waals surface area contributed by atoms with Gasteiger partial charge in [0.25, 0.3) is 11.8 Å². The minimum atomic E-state index is -0.258. The highest BCUT2D eigenvalue weighted by Gasteiger charge is 2.30. The molecule has 1 atom stereocenters. The Bertz CT molecular complexity index is 668. The van der Waals surface area contributed by atoms with Crippen LogP contribution in [-0.4, -0.2) is 86.1 Å². The van der Waals surface area contributed by atoms with Crippen LogP contribution >= 0.6 is 24.0 Å². The van der Waals surface area contributed by atoms with Crippen LogP contribution in [0.25, 0.3) is 0 Å². The Morgan fingerprint density at radius 2 is 1.97 bits per heavy atom. The van der Waals surface area contributed by atoms with Crippen molar-refractivity contribution < 1.29 is 18.7 Å². The van der Waals surface area contributed by atoms with Crippen molar-refractivity contribution in [2.75, 3.05) is 52.4 Å². The predicted octanol–water partition coefficient (Wildman–Crippen LogP) is 0.916. The van der Waals surface area contributed by atoms with E-state index in [1.165, 1.54) is 6.26 Å². The highest BCUT2D eigenvalue weighted by atomic mass is 127. The van der Waals surface area contributed by atoms with Gasteiger partial charge in [0.05, 0.1) is 12.8 Å². The number of aliphatic imine (C=N–C) groups is 1. The molecule has 2 N–H and O–H groups in total. The lowest BCUT2D eigenvalue weighted by Crippen LogP contribution is -2.55. The Balaban J connectivity index is 0.00000300. The fourth-order valence-electron chi connectivity index (χ4n) is 3.37. The molecule has 2 amide bonds. The van der Waals surface area contributed by atoms with Gasteiger partial charge in [-0.05, 0) is 31.9 Å². The van der Waals surface area contributed by atoms with Crippen molar-refractivity contribution in [3.63, 3.8) is 0 Å². The first kappa shape index (κ1) is 23.5. The molecule has 2 saturated heterocycles. The molecular weight excluding hydrogens is 489 g/mol. The number of ether oxygens (including phenoxy) is 1. The Kier molecular flexibility index (Phi) is 9.71. The lowest BCUT2D eigenvalue weighted by Gasteiger charge is -2.37. The van der Waals surface area contributed by atoms with E-state index in [9.17, 15) is 9.59 Å². The number of furan rings is 1. The zero-order chi connectivity index (χ0) is 19.8. The molecule has 162 valence electrons. The van der Waals surface area contributed by atoms with Crippen molar-refractivity contribution >= 4 is 41.8 Å². The van der Waals surface area contributed by atoms with Crippen LogP contribution in [0.15, 0.2) is 27.8 Å². The van der Waals surface area contributed by atoms with E-state index in [0.29, 0.717) is 38.5 Å². The summed E-state index contributed by atoms with van der Waals surface area (Å²) in [6.07, 6.45) is 3.00. The number of nitrogens with one attached hydrogen (secondary N) is 2.